The van der Waals surface area contributed by atoms with E-state index in [1.165, 1.54) is 12.1 Å². The number of unbranched alkanes of at least 4 members (excludes halogenated alkanes) is 1. The van der Waals surface area contributed by atoms with Crippen molar-refractivity contribution in [3.63, 3.8) is 0 Å². The molecule has 1 N–H and O–H groups in total. The number of nitro benzene ring substituents is 1. The minimum Gasteiger partial charge on any atom is -0.480 e. The van der Waals surface area contributed by atoms with E-state index in [1.807, 2.05) is 0 Å². The second kappa shape index (κ2) is 6.47. The van der Waals surface area contributed by atoms with Crippen LogP contribution in [0.1, 0.15) is 26.2 Å². The van der Waals surface area contributed by atoms with Gasteiger partial charge < -0.3 is 5.11 Å². The number of carbonyl (C=O) groups is 1. The monoisotopic (exact) mass is 301 g/mol. The molecule has 0 aliphatic rings. The molecule has 1 aromatic carbocycles. The standard InChI is InChI=1S/C12H15NO6S/c1-2-3-7-11(12(14)15)20(18,19)10-8-5-4-6-9(10)13(16)17/h4-6,8,11H,2-3,7H2,1H3,(H,14,15). The molecule has 0 bridgehead atoms. The van der Waals surface area contributed by atoms with Gasteiger partial charge in [0.2, 0.25) is 0 Å². The third kappa shape index (κ3) is 3.32. The number of sulfone groups is 1. The number of nitro groups is 1. The van der Waals surface area contributed by atoms with Gasteiger partial charge in [0.15, 0.2) is 15.1 Å². The van der Waals surface area contributed by atoms with Crippen LogP contribution in [0.2, 0.25) is 0 Å². The van der Waals surface area contributed by atoms with Crippen molar-refractivity contribution >= 4 is 21.5 Å². The molecule has 1 atom stereocenters. The van der Waals surface area contributed by atoms with Crippen molar-refractivity contribution in [3.05, 3.63) is 34.4 Å². The quantitative estimate of drug-likeness (QED) is 0.608. The van der Waals surface area contributed by atoms with Crippen LogP contribution >= 0.6 is 0 Å². The molecule has 0 aliphatic carbocycles. The number of carboxylic acids is 1. The first kappa shape index (κ1) is 16.1. The van der Waals surface area contributed by atoms with Crippen LogP contribution in [0.25, 0.3) is 0 Å². The summed E-state index contributed by atoms with van der Waals surface area (Å²) >= 11 is 0. The van der Waals surface area contributed by atoms with E-state index in [2.05, 4.69) is 0 Å². The van der Waals surface area contributed by atoms with Gasteiger partial charge in [-0.05, 0) is 12.5 Å². The average Bonchev–Trinajstić information content (AvgIpc) is 2.38. The molecule has 1 unspecified atom stereocenters. The molecule has 0 fully saturated rings. The smallest absolute Gasteiger partial charge is 0.322 e. The van der Waals surface area contributed by atoms with Gasteiger partial charge in [0.05, 0.1) is 4.92 Å². The third-order valence-electron chi connectivity index (χ3n) is 2.84. The van der Waals surface area contributed by atoms with E-state index < -0.39 is 36.6 Å². The number of hydrogen-bond acceptors (Lipinski definition) is 5. The first-order valence-electron chi connectivity index (χ1n) is 6.02. The van der Waals surface area contributed by atoms with Crippen molar-refractivity contribution in [1.82, 2.24) is 0 Å². The number of benzene rings is 1. The fraction of sp³-hybridized carbons (Fsp3) is 0.417. The molecule has 0 saturated heterocycles. The molecule has 0 spiro atoms. The Morgan fingerprint density at radius 3 is 2.50 bits per heavy atom. The van der Waals surface area contributed by atoms with Crippen LogP contribution in [0.15, 0.2) is 29.2 Å². The Balaban J connectivity index is 3.34. The molecule has 0 saturated carbocycles. The predicted octanol–water partition coefficient (Wildman–Crippen LogP) is 2.01. The van der Waals surface area contributed by atoms with E-state index in [1.54, 1.807) is 6.92 Å². The Labute approximate surface area is 116 Å². The van der Waals surface area contributed by atoms with Crippen molar-refractivity contribution in [3.8, 4) is 0 Å². The molecule has 1 rings (SSSR count). The van der Waals surface area contributed by atoms with Gasteiger partial charge in [-0.2, -0.15) is 0 Å². The number of hydrogen-bond donors (Lipinski definition) is 1. The molecular formula is C12H15NO6S. The Kier molecular flexibility index (Phi) is 5.20. The van der Waals surface area contributed by atoms with Gasteiger partial charge in [-0.25, -0.2) is 8.42 Å². The summed E-state index contributed by atoms with van der Waals surface area (Å²) in [5, 5.41) is 18.3. The first-order chi connectivity index (χ1) is 9.32. The molecule has 1 aromatic rings. The number of rotatable bonds is 7. The number of carboxylic acid groups (broad SMARTS) is 1. The molecule has 0 aromatic heterocycles. The van der Waals surface area contributed by atoms with Crippen LogP contribution in [0.5, 0.6) is 0 Å². The van der Waals surface area contributed by atoms with E-state index >= 15 is 0 Å². The van der Waals surface area contributed by atoms with Crippen LogP contribution in [0.4, 0.5) is 5.69 Å². The molecule has 0 radical (unpaired) electrons. The Morgan fingerprint density at radius 2 is 2.00 bits per heavy atom. The fourth-order valence-electron chi connectivity index (χ4n) is 1.80. The lowest BCUT2D eigenvalue weighted by Crippen LogP contribution is -2.30. The van der Waals surface area contributed by atoms with Crippen molar-refractivity contribution in [2.75, 3.05) is 0 Å². The molecule has 7 nitrogen and oxygen atoms in total. The molecule has 0 aliphatic heterocycles. The summed E-state index contributed by atoms with van der Waals surface area (Å²) in [6.07, 6.45) is 0.979. The Hall–Kier alpha value is -1.96. The van der Waals surface area contributed by atoms with E-state index in [-0.39, 0.29) is 6.42 Å². The van der Waals surface area contributed by atoms with Gasteiger partial charge in [0.1, 0.15) is 4.90 Å². The van der Waals surface area contributed by atoms with Crippen molar-refractivity contribution in [2.45, 2.75) is 36.3 Å². The van der Waals surface area contributed by atoms with Gasteiger partial charge in [-0.1, -0.05) is 31.9 Å². The van der Waals surface area contributed by atoms with Crippen LogP contribution in [0.3, 0.4) is 0 Å². The second-order valence-corrected chi connectivity index (χ2v) is 6.34. The minimum atomic E-state index is -4.29. The van der Waals surface area contributed by atoms with Gasteiger partial charge in [-0.3, -0.25) is 14.9 Å². The predicted molar refractivity (Wildman–Crippen MR) is 71.2 cm³/mol. The summed E-state index contributed by atoms with van der Waals surface area (Å²) in [5.74, 6) is -1.49. The van der Waals surface area contributed by atoms with E-state index in [0.717, 1.165) is 12.1 Å². The van der Waals surface area contributed by atoms with Crippen molar-refractivity contribution in [1.29, 1.82) is 0 Å². The lowest BCUT2D eigenvalue weighted by atomic mass is 10.2. The first-order valence-corrected chi connectivity index (χ1v) is 7.57. The molecule has 0 amide bonds. The summed E-state index contributed by atoms with van der Waals surface area (Å²) in [4.78, 5) is 20.7. The van der Waals surface area contributed by atoms with Crippen LogP contribution in [-0.4, -0.2) is 29.7 Å². The third-order valence-corrected chi connectivity index (χ3v) is 4.98. The minimum absolute atomic E-state index is 0.0692. The highest BCUT2D eigenvalue weighted by Crippen LogP contribution is 2.28. The lowest BCUT2D eigenvalue weighted by Gasteiger charge is -2.13. The van der Waals surface area contributed by atoms with Crippen molar-refractivity contribution in [2.24, 2.45) is 0 Å². The highest BCUT2D eigenvalue weighted by molar-refractivity contribution is 7.93. The molecule has 8 heteroatoms. The summed E-state index contributed by atoms with van der Waals surface area (Å²) in [6.45, 7) is 1.80. The Bertz CT molecular complexity index is 610. The number of nitrogens with zero attached hydrogens (tertiary/aromatic N) is 1. The summed E-state index contributed by atoms with van der Waals surface area (Å²) in [6, 6.07) is 4.78. The SMILES string of the molecule is CCCCC(C(=O)O)S(=O)(=O)c1ccccc1[N+](=O)[O-]. The van der Waals surface area contributed by atoms with Crippen LogP contribution in [0, 0.1) is 10.1 Å². The maximum absolute atomic E-state index is 12.3. The van der Waals surface area contributed by atoms with E-state index in [0.29, 0.717) is 12.8 Å². The summed E-state index contributed by atoms with van der Waals surface area (Å²) in [5.41, 5.74) is -0.602. The molecule has 0 heterocycles. The number of para-hydroxylation sites is 1. The largest absolute Gasteiger partial charge is 0.480 e. The normalized spacial score (nSPS) is 12.8. The molecular weight excluding hydrogens is 286 g/mol. The van der Waals surface area contributed by atoms with Crippen LogP contribution < -0.4 is 0 Å². The number of aliphatic carboxylic acids is 1. The van der Waals surface area contributed by atoms with Crippen molar-refractivity contribution < 1.29 is 23.2 Å². The molecule has 20 heavy (non-hydrogen) atoms. The molecule has 110 valence electrons. The zero-order valence-electron chi connectivity index (χ0n) is 10.9. The maximum Gasteiger partial charge on any atom is 0.322 e. The van der Waals surface area contributed by atoms with E-state index in [4.69, 9.17) is 5.11 Å². The van der Waals surface area contributed by atoms with Gasteiger partial charge >= 0.3 is 5.97 Å². The zero-order valence-corrected chi connectivity index (χ0v) is 11.7. The average molecular weight is 301 g/mol. The van der Waals surface area contributed by atoms with Gasteiger partial charge in [0.25, 0.3) is 5.69 Å². The fourth-order valence-corrected chi connectivity index (χ4v) is 3.55. The lowest BCUT2D eigenvalue weighted by molar-refractivity contribution is -0.387. The highest BCUT2D eigenvalue weighted by Gasteiger charge is 2.37. The maximum atomic E-state index is 12.3. The van der Waals surface area contributed by atoms with Crippen LogP contribution in [-0.2, 0) is 14.6 Å². The zero-order chi connectivity index (χ0) is 15.3. The van der Waals surface area contributed by atoms with Gasteiger partial charge in [0, 0.05) is 6.07 Å². The highest BCUT2D eigenvalue weighted by atomic mass is 32.2. The summed E-state index contributed by atoms with van der Waals surface area (Å²) < 4.78 is 24.6. The van der Waals surface area contributed by atoms with Gasteiger partial charge in [-0.15, -0.1) is 0 Å². The Morgan fingerprint density at radius 1 is 1.40 bits per heavy atom. The van der Waals surface area contributed by atoms with E-state index in [9.17, 15) is 23.3 Å². The summed E-state index contributed by atoms with van der Waals surface area (Å²) in [7, 11) is -4.29. The topological polar surface area (TPSA) is 115 Å². The second-order valence-electron chi connectivity index (χ2n) is 4.24.